The van der Waals surface area contributed by atoms with Gasteiger partial charge in [0.2, 0.25) is 0 Å². The molecular formula is C39H30N2. The van der Waals surface area contributed by atoms with Gasteiger partial charge in [0.15, 0.2) is 0 Å². The monoisotopic (exact) mass is 526 g/mol. The van der Waals surface area contributed by atoms with Gasteiger partial charge in [-0.1, -0.05) is 105 Å². The number of rotatable bonds is 4. The van der Waals surface area contributed by atoms with Gasteiger partial charge >= 0.3 is 0 Å². The van der Waals surface area contributed by atoms with Gasteiger partial charge in [-0.2, -0.15) is 0 Å². The minimum absolute atomic E-state index is 0.0266. The summed E-state index contributed by atoms with van der Waals surface area (Å²) >= 11 is 0. The van der Waals surface area contributed by atoms with Crippen LogP contribution in [0.3, 0.4) is 0 Å². The lowest BCUT2D eigenvalue weighted by molar-refractivity contribution is 0.660. The SMILES string of the molecule is CC1(C)c2ccccc2-c2ccc(Nc3ccccc3-c3ccc4c(c3)c3ccccc3n4-c3ccccc3)cc21. The lowest BCUT2D eigenvalue weighted by atomic mass is 9.82. The largest absolute Gasteiger partial charge is 0.355 e. The molecular weight excluding hydrogens is 496 g/mol. The first kappa shape index (κ1) is 23.8. The zero-order chi connectivity index (χ0) is 27.6. The summed E-state index contributed by atoms with van der Waals surface area (Å²) in [6.07, 6.45) is 0. The third kappa shape index (κ3) is 3.64. The summed E-state index contributed by atoms with van der Waals surface area (Å²) < 4.78 is 2.36. The van der Waals surface area contributed by atoms with E-state index in [1.807, 2.05) is 0 Å². The lowest BCUT2D eigenvalue weighted by Crippen LogP contribution is -2.15. The molecule has 8 rings (SSSR count). The molecule has 196 valence electrons. The molecule has 1 heterocycles. The van der Waals surface area contributed by atoms with Crippen molar-refractivity contribution < 1.29 is 0 Å². The maximum absolute atomic E-state index is 3.78. The first-order valence-electron chi connectivity index (χ1n) is 14.3. The van der Waals surface area contributed by atoms with Gasteiger partial charge in [-0.15, -0.1) is 0 Å². The molecule has 0 amide bonds. The van der Waals surface area contributed by atoms with E-state index >= 15 is 0 Å². The van der Waals surface area contributed by atoms with Crippen LogP contribution in [-0.2, 0) is 5.41 Å². The number of nitrogens with zero attached hydrogens (tertiary/aromatic N) is 1. The van der Waals surface area contributed by atoms with Gasteiger partial charge in [0.05, 0.1) is 11.0 Å². The molecule has 0 spiro atoms. The van der Waals surface area contributed by atoms with Crippen molar-refractivity contribution >= 4 is 33.2 Å². The number of benzene rings is 6. The van der Waals surface area contributed by atoms with Gasteiger partial charge in [0.1, 0.15) is 0 Å². The van der Waals surface area contributed by atoms with Crippen molar-refractivity contribution in [1.82, 2.24) is 4.57 Å². The summed E-state index contributed by atoms with van der Waals surface area (Å²) in [7, 11) is 0. The van der Waals surface area contributed by atoms with Crippen LogP contribution < -0.4 is 5.32 Å². The van der Waals surface area contributed by atoms with E-state index in [-0.39, 0.29) is 5.41 Å². The third-order valence-corrected chi connectivity index (χ3v) is 8.79. The Bertz CT molecular complexity index is 2100. The third-order valence-electron chi connectivity index (χ3n) is 8.79. The maximum Gasteiger partial charge on any atom is 0.0541 e. The van der Waals surface area contributed by atoms with Gasteiger partial charge in [-0.25, -0.2) is 0 Å². The topological polar surface area (TPSA) is 17.0 Å². The Balaban J connectivity index is 1.22. The Morgan fingerprint density at radius 2 is 1.20 bits per heavy atom. The molecule has 7 aromatic rings. The van der Waals surface area contributed by atoms with E-state index in [0.29, 0.717) is 0 Å². The molecule has 1 N–H and O–H groups in total. The molecule has 0 aliphatic heterocycles. The molecule has 0 fully saturated rings. The molecule has 0 atom stereocenters. The Labute approximate surface area is 240 Å². The Hall–Kier alpha value is -5.08. The van der Waals surface area contributed by atoms with Crippen LogP contribution >= 0.6 is 0 Å². The Morgan fingerprint density at radius 1 is 0.512 bits per heavy atom. The highest BCUT2D eigenvalue weighted by atomic mass is 15.0. The predicted octanol–water partition coefficient (Wildman–Crippen LogP) is 10.5. The van der Waals surface area contributed by atoms with Gasteiger partial charge in [-0.3, -0.25) is 0 Å². The number of hydrogen-bond acceptors (Lipinski definition) is 1. The molecule has 2 heteroatoms. The Kier molecular flexibility index (Phi) is 5.20. The first-order valence-corrected chi connectivity index (χ1v) is 14.3. The number of hydrogen-bond donors (Lipinski definition) is 1. The smallest absolute Gasteiger partial charge is 0.0541 e. The molecule has 0 bridgehead atoms. The van der Waals surface area contributed by atoms with Crippen molar-refractivity contribution in [3.05, 3.63) is 151 Å². The van der Waals surface area contributed by atoms with E-state index in [0.717, 1.165) is 11.4 Å². The molecule has 0 unspecified atom stereocenters. The van der Waals surface area contributed by atoms with Crippen LogP contribution in [0, 0.1) is 0 Å². The second kappa shape index (κ2) is 8.97. The fraction of sp³-hybridized carbons (Fsp3) is 0.0769. The summed E-state index contributed by atoms with van der Waals surface area (Å²) in [5.74, 6) is 0. The number of para-hydroxylation sites is 3. The zero-order valence-electron chi connectivity index (χ0n) is 23.2. The first-order chi connectivity index (χ1) is 20.1. The summed E-state index contributed by atoms with van der Waals surface area (Å²) in [5.41, 5.74) is 13.6. The summed E-state index contributed by atoms with van der Waals surface area (Å²) in [6.45, 7) is 4.66. The highest BCUT2D eigenvalue weighted by molar-refractivity contribution is 6.10. The van der Waals surface area contributed by atoms with Crippen LogP contribution in [0.2, 0.25) is 0 Å². The van der Waals surface area contributed by atoms with Crippen LogP contribution in [0.1, 0.15) is 25.0 Å². The summed E-state index contributed by atoms with van der Waals surface area (Å²) in [6, 6.07) is 50.5. The molecule has 0 saturated carbocycles. The van der Waals surface area contributed by atoms with Crippen molar-refractivity contribution in [3.63, 3.8) is 0 Å². The van der Waals surface area contributed by atoms with Crippen LogP contribution in [0.25, 0.3) is 49.7 Å². The molecule has 6 aromatic carbocycles. The molecule has 0 radical (unpaired) electrons. The van der Waals surface area contributed by atoms with E-state index in [9.17, 15) is 0 Å². The fourth-order valence-corrected chi connectivity index (χ4v) is 6.78. The predicted molar refractivity (Wildman–Crippen MR) is 174 cm³/mol. The molecule has 2 nitrogen and oxygen atoms in total. The van der Waals surface area contributed by atoms with Gasteiger partial charge in [-0.05, 0) is 76.3 Å². The van der Waals surface area contributed by atoms with E-state index in [4.69, 9.17) is 0 Å². The fourth-order valence-electron chi connectivity index (χ4n) is 6.78. The quantitative estimate of drug-likeness (QED) is 0.241. The summed E-state index contributed by atoms with van der Waals surface area (Å²) in [4.78, 5) is 0. The standard InChI is InChI=1S/C39H30N2/c1-39(2)34-17-9-6-15-30(34)31-22-21-27(25-35(31)39)40-36-18-10-7-14-29(36)26-20-23-38-33(24-26)32-16-8-11-19-37(32)41(38)28-12-4-3-5-13-28/h3-25,40H,1-2H3. The van der Waals surface area contributed by atoms with Gasteiger partial charge < -0.3 is 9.88 Å². The highest BCUT2D eigenvalue weighted by Crippen LogP contribution is 2.49. The van der Waals surface area contributed by atoms with E-state index < -0.39 is 0 Å². The van der Waals surface area contributed by atoms with E-state index in [1.165, 1.54) is 60.9 Å². The van der Waals surface area contributed by atoms with Crippen molar-refractivity contribution in [3.8, 4) is 27.9 Å². The van der Waals surface area contributed by atoms with Crippen LogP contribution in [0.4, 0.5) is 11.4 Å². The molecule has 1 aliphatic carbocycles. The Morgan fingerprint density at radius 3 is 2.07 bits per heavy atom. The highest BCUT2D eigenvalue weighted by Gasteiger charge is 2.35. The molecule has 41 heavy (non-hydrogen) atoms. The lowest BCUT2D eigenvalue weighted by Gasteiger charge is -2.22. The van der Waals surface area contributed by atoms with Crippen molar-refractivity contribution in [2.75, 3.05) is 5.32 Å². The van der Waals surface area contributed by atoms with Gasteiger partial charge in [0, 0.05) is 38.8 Å². The summed E-state index contributed by atoms with van der Waals surface area (Å²) in [5, 5.41) is 6.30. The minimum atomic E-state index is -0.0266. The second-order valence-electron chi connectivity index (χ2n) is 11.5. The molecule has 1 aromatic heterocycles. The number of fused-ring (bicyclic) bond motifs is 6. The van der Waals surface area contributed by atoms with E-state index in [2.05, 4.69) is 163 Å². The van der Waals surface area contributed by atoms with Crippen LogP contribution in [-0.4, -0.2) is 4.57 Å². The van der Waals surface area contributed by atoms with Crippen LogP contribution in [0.5, 0.6) is 0 Å². The normalized spacial score (nSPS) is 13.3. The second-order valence-corrected chi connectivity index (χ2v) is 11.5. The average Bonchev–Trinajstić information content (AvgIpc) is 3.46. The number of anilines is 2. The number of nitrogens with one attached hydrogen (secondary N) is 1. The van der Waals surface area contributed by atoms with E-state index in [1.54, 1.807) is 0 Å². The van der Waals surface area contributed by atoms with Gasteiger partial charge in [0.25, 0.3) is 0 Å². The minimum Gasteiger partial charge on any atom is -0.355 e. The van der Waals surface area contributed by atoms with Crippen molar-refractivity contribution in [2.45, 2.75) is 19.3 Å². The van der Waals surface area contributed by atoms with Crippen molar-refractivity contribution in [1.29, 1.82) is 0 Å². The molecule has 0 saturated heterocycles. The van der Waals surface area contributed by atoms with Crippen LogP contribution in [0.15, 0.2) is 140 Å². The van der Waals surface area contributed by atoms with Crippen molar-refractivity contribution in [2.24, 2.45) is 0 Å². The molecule has 1 aliphatic rings. The average molecular weight is 527 g/mol. The zero-order valence-corrected chi connectivity index (χ0v) is 23.2. The number of aromatic nitrogens is 1. The maximum atomic E-state index is 3.78.